The number of benzene rings is 4. The number of amides is 2. The first-order valence-electron chi connectivity index (χ1n) is 12.8. The van der Waals surface area contributed by atoms with E-state index in [0.717, 1.165) is 22.5 Å². The van der Waals surface area contributed by atoms with Crippen LogP contribution in [-0.2, 0) is 9.59 Å². The predicted octanol–water partition coefficient (Wildman–Crippen LogP) is 6.19. The van der Waals surface area contributed by atoms with Gasteiger partial charge in [-0.3, -0.25) is 29.7 Å². The molecule has 0 aliphatic carbocycles. The van der Waals surface area contributed by atoms with Crippen LogP contribution in [0.3, 0.4) is 0 Å². The van der Waals surface area contributed by atoms with Gasteiger partial charge in [0, 0.05) is 51.5 Å². The number of halogens is 2. The number of carbonyl (C=O) groups excluding carboxylic acids is 2. The molecule has 6 rings (SSSR count). The van der Waals surface area contributed by atoms with E-state index in [-0.39, 0.29) is 30.6 Å². The first-order valence-corrected chi connectivity index (χ1v) is 13.5. The van der Waals surface area contributed by atoms with Crippen molar-refractivity contribution < 1.29 is 14.5 Å². The fraction of sp³-hybridized carbons (Fsp3) is 0.0968. The smallest absolute Gasteiger partial charge is 0.270 e. The third-order valence-corrected chi connectivity index (χ3v) is 7.19. The van der Waals surface area contributed by atoms with E-state index in [1.165, 1.54) is 18.2 Å². The topological polar surface area (TPSA) is 117 Å². The second kappa shape index (κ2) is 12.3. The molecule has 2 aliphatic rings. The summed E-state index contributed by atoms with van der Waals surface area (Å²) in [6, 6.07) is 26.6. The quantitative estimate of drug-likeness (QED) is 0.223. The molecule has 9 nitrogen and oxygen atoms in total. The van der Waals surface area contributed by atoms with Crippen LogP contribution in [0.4, 0.5) is 17.1 Å². The van der Waals surface area contributed by atoms with Crippen molar-refractivity contribution in [2.24, 2.45) is 9.98 Å². The molecule has 0 spiro atoms. The van der Waals surface area contributed by atoms with Crippen LogP contribution in [0.2, 0.25) is 10.0 Å². The highest BCUT2D eigenvalue weighted by atomic mass is 35.5. The monoisotopic (exact) mass is 599 g/mol. The van der Waals surface area contributed by atoms with E-state index in [9.17, 15) is 19.7 Å². The van der Waals surface area contributed by atoms with Gasteiger partial charge in [-0.25, -0.2) is 0 Å². The highest BCUT2D eigenvalue weighted by Crippen LogP contribution is 2.30. The molecule has 0 aromatic heterocycles. The molecule has 1 N–H and O–H groups in total. The molecular formula is C31H23Cl2N5O4. The maximum Gasteiger partial charge on any atom is 0.270 e. The summed E-state index contributed by atoms with van der Waals surface area (Å²) in [5.41, 5.74) is 5.48. The number of nitro groups is 1. The molecule has 42 heavy (non-hydrogen) atoms. The maximum absolute atomic E-state index is 12.0. The molecule has 0 saturated heterocycles. The lowest BCUT2D eigenvalue weighted by Crippen LogP contribution is -2.27. The van der Waals surface area contributed by atoms with E-state index in [1.807, 2.05) is 42.5 Å². The van der Waals surface area contributed by atoms with Gasteiger partial charge in [-0.05, 0) is 30.3 Å². The molecule has 11 heteroatoms. The summed E-state index contributed by atoms with van der Waals surface area (Å²) in [5.74, 6) is -0.309. The molecule has 0 fully saturated rings. The number of benzodiazepines with no additional fused rings is 2. The molecular weight excluding hydrogens is 577 g/mol. The predicted molar refractivity (Wildman–Crippen MR) is 165 cm³/mol. The van der Waals surface area contributed by atoms with E-state index in [4.69, 9.17) is 23.2 Å². The number of aliphatic imine (C=N–C) groups is 2. The van der Waals surface area contributed by atoms with Crippen LogP contribution in [0, 0.1) is 10.1 Å². The van der Waals surface area contributed by atoms with Crippen molar-refractivity contribution in [3.05, 3.63) is 133 Å². The number of anilines is 2. The number of fused-ring (bicyclic) bond motifs is 2. The molecule has 2 aliphatic heterocycles. The minimum atomic E-state index is -0.489. The molecule has 0 unspecified atom stereocenters. The van der Waals surface area contributed by atoms with E-state index in [0.29, 0.717) is 32.6 Å². The molecule has 210 valence electrons. The lowest BCUT2D eigenvalue weighted by molar-refractivity contribution is -0.384. The molecule has 2 amide bonds. The Hall–Kier alpha value is -4.86. The summed E-state index contributed by atoms with van der Waals surface area (Å²) in [5, 5.41) is 14.8. The molecule has 2 heterocycles. The van der Waals surface area contributed by atoms with Gasteiger partial charge in [-0.15, -0.1) is 0 Å². The third kappa shape index (κ3) is 6.07. The highest BCUT2D eigenvalue weighted by Gasteiger charge is 2.23. The SMILES string of the molecule is CN1C(=O)CN=C(c2ccccc2)c2cc(Cl)ccc21.O=C1CN=C(c2ccccc2Cl)c2cc([N+](=O)[O-])ccc2N1. The first kappa shape index (κ1) is 28.7. The number of hydrogen-bond donors (Lipinski definition) is 1. The van der Waals surface area contributed by atoms with Crippen molar-refractivity contribution in [3.63, 3.8) is 0 Å². The zero-order valence-electron chi connectivity index (χ0n) is 22.3. The van der Waals surface area contributed by atoms with Gasteiger partial charge in [0.2, 0.25) is 11.8 Å². The molecule has 0 bridgehead atoms. The summed E-state index contributed by atoms with van der Waals surface area (Å²) < 4.78 is 0. The van der Waals surface area contributed by atoms with Crippen molar-refractivity contribution in [3.8, 4) is 0 Å². The Labute approximate surface area is 251 Å². The summed E-state index contributed by atoms with van der Waals surface area (Å²) >= 11 is 12.3. The second-order valence-corrected chi connectivity index (χ2v) is 10.2. The first-order chi connectivity index (χ1) is 20.2. The minimum Gasteiger partial charge on any atom is -0.324 e. The number of carbonyl (C=O) groups is 2. The van der Waals surface area contributed by atoms with Crippen LogP contribution in [0.1, 0.15) is 22.3 Å². The van der Waals surface area contributed by atoms with Crippen LogP contribution < -0.4 is 10.2 Å². The van der Waals surface area contributed by atoms with E-state index in [2.05, 4.69) is 15.3 Å². The Morgan fingerprint density at radius 2 is 1.52 bits per heavy atom. The van der Waals surface area contributed by atoms with Crippen LogP contribution >= 0.6 is 23.2 Å². The fourth-order valence-electron chi connectivity index (χ4n) is 4.57. The van der Waals surface area contributed by atoms with Crippen LogP contribution in [0.25, 0.3) is 0 Å². The minimum absolute atomic E-state index is 0.0282. The van der Waals surface area contributed by atoms with Crippen molar-refractivity contribution in [1.82, 2.24) is 0 Å². The summed E-state index contributed by atoms with van der Waals surface area (Å²) in [7, 11) is 1.76. The van der Waals surface area contributed by atoms with Gasteiger partial charge in [0.1, 0.15) is 13.1 Å². The van der Waals surface area contributed by atoms with Gasteiger partial charge in [-0.2, -0.15) is 0 Å². The molecule has 0 radical (unpaired) electrons. The van der Waals surface area contributed by atoms with Crippen molar-refractivity contribution >= 4 is 63.5 Å². The molecule has 0 atom stereocenters. The number of nitrogens with one attached hydrogen (secondary N) is 1. The van der Waals surface area contributed by atoms with E-state index >= 15 is 0 Å². The second-order valence-electron chi connectivity index (χ2n) is 9.32. The molecule has 4 aromatic carbocycles. The van der Waals surface area contributed by atoms with Crippen molar-refractivity contribution in [2.75, 3.05) is 30.4 Å². The van der Waals surface area contributed by atoms with Crippen LogP contribution in [-0.4, -0.2) is 48.3 Å². The summed E-state index contributed by atoms with van der Waals surface area (Å²) in [4.78, 5) is 44.7. The lowest BCUT2D eigenvalue weighted by Gasteiger charge is -2.18. The number of nitrogens with zero attached hydrogens (tertiary/aromatic N) is 4. The number of non-ortho nitro benzene ring substituents is 1. The summed E-state index contributed by atoms with van der Waals surface area (Å²) in [6.07, 6.45) is 0. The largest absolute Gasteiger partial charge is 0.324 e. The Bertz CT molecular complexity index is 1770. The Morgan fingerprint density at radius 3 is 2.26 bits per heavy atom. The standard InChI is InChI=1S/C16H13ClN2O.C15H10ClN3O3/c1-19-14-8-7-12(17)9-13(14)16(18-10-15(19)20)11-5-3-2-4-6-11;16-12-4-2-1-3-10(12)15-11-7-9(19(21)22)5-6-13(11)18-14(20)8-17-15/h2-9H,10H2,1H3;1-7H,8H2,(H,18,20). The highest BCUT2D eigenvalue weighted by molar-refractivity contribution is 6.36. The Balaban J connectivity index is 0.000000169. The average Bonchev–Trinajstić information content (AvgIpc) is 3.22. The zero-order chi connectivity index (χ0) is 29.8. The van der Waals surface area contributed by atoms with Crippen molar-refractivity contribution in [1.29, 1.82) is 0 Å². The van der Waals surface area contributed by atoms with Gasteiger partial charge in [0.05, 0.1) is 27.7 Å². The van der Waals surface area contributed by atoms with Crippen molar-refractivity contribution in [2.45, 2.75) is 0 Å². The van der Waals surface area contributed by atoms with Gasteiger partial charge in [0.15, 0.2) is 0 Å². The number of rotatable bonds is 3. The Kier molecular flexibility index (Phi) is 8.42. The van der Waals surface area contributed by atoms with Crippen LogP contribution in [0.15, 0.2) is 101 Å². The molecule has 4 aromatic rings. The lowest BCUT2D eigenvalue weighted by atomic mass is 10.00. The number of likely N-dealkylation sites (N-methyl/N-ethyl adjacent to an activating group) is 1. The normalized spacial score (nSPS) is 14.1. The number of hydrogen-bond acceptors (Lipinski definition) is 6. The average molecular weight is 600 g/mol. The van der Waals surface area contributed by atoms with Crippen LogP contribution in [0.5, 0.6) is 0 Å². The van der Waals surface area contributed by atoms with Gasteiger partial charge in [0.25, 0.3) is 5.69 Å². The number of nitro benzene ring substituents is 1. The van der Waals surface area contributed by atoms with Gasteiger partial charge < -0.3 is 10.2 Å². The van der Waals surface area contributed by atoms with Gasteiger partial charge in [-0.1, -0.05) is 71.7 Å². The zero-order valence-corrected chi connectivity index (χ0v) is 23.8. The molecule has 0 saturated carbocycles. The van der Waals surface area contributed by atoms with E-state index < -0.39 is 4.92 Å². The fourth-order valence-corrected chi connectivity index (χ4v) is 4.96. The Morgan fingerprint density at radius 1 is 0.810 bits per heavy atom. The maximum atomic E-state index is 12.0. The summed E-state index contributed by atoms with van der Waals surface area (Å²) in [6.45, 7) is 0.0794. The van der Waals surface area contributed by atoms with Gasteiger partial charge >= 0.3 is 0 Å². The third-order valence-electron chi connectivity index (χ3n) is 6.62. The van der Waals surface area contributed by atoms with E-state index in [1.54, 1.807) is 42.3 Å².